The normalized spacial score (nSPS) is 12.5. The molecule has 0 fully saturated rings. The molecule has 2 aromatic rings. The minimum absolute atomic E-state index is 0. The van der Waals surface area contributed by atoms with Gasteiger partial charge in [-0.2, -0.15) is 0 Å². The molecule has 5 heteroatoms. The number of hydrogen-bond acceptors (Lipinski definition) is 4. The van der Waals surface area contributed by atoms with Gasteiger partial charge in [-0.1, -0.05) is 61.9 Å². The van der Waals surface area contributed by atoms with Gasteiger partial charge in [-0.05, 0) is 47.9 Å². The third-order valence-corrected chi connectivity index (χ3v) is 4.84. The van der Waals surface area contributed by atoms with E-state index in [-0.39, 0.29) is 32.0 Å². The third kappa shape index (κ3) is 7.24. The molecule has 4 nitrogen and oxygen atoms in total. The molecule has 0 aromatic heterocycles. The monoisotopic (exact) mass is 393 g/mol. The first-order valence-electron chi connectivity index (χ1n) is 9.35. The van der Waals surface area contributed by atoms with E-state index in [9.17, 15) is 15.3 Å². The van der Waals surface area contributed by atoms with Gasteiger partial charge in [0.05, 0.1) is 24.9 Å². The molecule has 1 unspecified atom stereocenters. The number of hydrogen-bond donors (Lipinski definition) is 4. The summed E-state index contributed by atoms with van der Waals surface area (Å²) in [6.07, 6.45) is 3.71. The fourth-order valence-corrected chi connectivity index (χ4v) is 2.98. The quantitative estimate of drug-likeness (QED) is 0.499. The second-order valence-corrected chi connectivity index (χ2v) is 7.24. The van der Waals surface area contributed by atoms with Crippen molar-refractivity contribution >= 4 is 12.4 Å². The maximum atomic E-state index is 10.3. The number of halogens is 1. The van der Waals surface area contributed by atoms with Crippen LogP contribution in [0.5, 0.6) is 0 Å². The Hall–Kier alpha value is -1.43. The second kappa shape index (κ2) is 11.4. The number of rotatable bonds is 10. The van der Waals surface area contributed by atoms with Crippen molar-refractivity contribution in [3.63, 3.8) is 0 Å². The Morgan fingerprint density at radius 3 is 1.85 bits per heavy atom. The van der Waals surface area contributed by atoms with Crippen LogP contribution in [0.3, 0.4) is 0 Å². The van der Waals surface area contributed by atoms with Gasteiger partial charge in [0.15, 0.2) is 0 Å². The molecular formula is C22H32ClNO3. The lowest BCUT2D eigenvalue weighted by molar-refractivity contribution is 0.0618. The fourth-order valence-electron chi connectivity index (χ4n) is 2.98. The summed E-state index contributed by atoms with van der Waals surface area (Å²) in [5.41, 5.74) is 9.23. The van der Waals surface area contributed by atoms with E-state index < -0.39 is 11.6 Å². The summed E-state index contributed by atoms with van der Waals surface area (Å²) in [6.45, 7) is 1.47. The van der Waals surface area contributed by atoms with Crippen LogP contribution in [0.25, 0.3) is 0 Å². The van der Waals surface area contributed by atoms with E-state index in [0.29, 0.717) is 0 Å². The molecular weight excluding hydrogens is 362 g/mol. The average molecular weight is 394 g/mol. The predicted octanol–water partition coefficient (Wildman–Crippen LogP) is 3.15. The van der Waals surface area contributed by atoms with Gasteiger partial charge in [0.2, 0.25) is 0 Å². The van der Waals surface area contributed by atoms with Gasteiger partial charge < -0.3 is 21.1 Å². The molecule has 0 aliphatic rings. The van der Waals surface area contributed by atoms with Gasteiger partial charge in [-0.15, -0.1) is 12.4 Å². The smallest absolute Gasteiger partial charge is 0.0809 e. The fraction of sp³-hybridized carbons (Fsp3) is 0.455. The van der Waals surface area contributed by atoms with Gasteiger partial charge in [0, 0.05) is 0 Å². The van der Waals surface area contributed by atoms with Crippen molar-refractivity contribution in [2.75, 3.05) is 13.2 Å². The summed E-state index contributed by atoms with van der Waals surface area (Å²) in [5.74, 6) is 0. The summed E-state index contributed by atoms with van der Waals surface area (Å²) < 4.78 is 0. The van der Waals surface area contributed by atoms with E-state index in [0.717, 1.165) is 18.4 Å². The van der Waals surface area contributed by atoms with Crippen LogP contribution in [0.15, 0.2) is 48.5 Å². The van der Waals surface area contributed by atoms with E-state index in [2.05, 4.69) is 31.2 Å². The number of nitrogens with two attached hydrogens (primary N) is 1. The third-order valence-electron chi connectivity index (χ3n) is 4.84. The van der Waals surface area contributed by atoms with Gasteiger partial charge >= 0.3 is 0 Å². The molecule has 27 heavy (non-hydrogen) atoms. The molecule has 0 saturated carbocycles. The summed E-state index contributed by atoms with van der Waals surface area (Å²) in [6, 6.07) is 16.5. The molecule has 5 N–H and O–H groups in total. The summed E-state index contributed by atoms with van der Waals surface area (Å²) in [4.78, 5) is 0. The van der Waals surface area contributed by atoms with E-state index in [1.807, 2.05) is 24.3 Å². The molecule has 1 atom stereocenters. The van der Waals surface area contributed by atoms with E-state index in [1.54, 1.807) is 0 Å². The SMILES string of the molecule is CCCCc1ccc(Cc2ccc(C(O)CC(N)(CO)CO)cc2)cc1.Cl. The summed E-state index contributed by atoms with van der Waals surface area (Å²) >= 11 is 0. The molecule has 150 valence electrons. The molecule has 2 rings (SSSR count). The van der Waals surface area contributed by atoms with E-state index in [1.165, 1.54) is 29.5 Å². The maximum absolute atomic E-state index is 10.3. The van der Waals surface area contributed by atoms with Crippen molar-refractivity contribution in [3.8, 4) is 0 Å². The summed E-state index contributed by atoms with van der Waals surface area (Å²) in [7, 11) is 0. The van der Waals surface area contributed by atoms with Crippen LogP contribution < -0.4 is 5.73 Å². The van der Waals surface area contributed by atoms with Crippen molar-refractivity contribution in [1.29, 1.82) is 0 Å². The topological polar surface area (TPSA) is 86.7 Å². The van der Waals surface area contributed by atoms with Crippen LogP contribution in [0.2, 0.25) is 0 Å². The van der Waals surface area contributed by atoms with Crippen molar-refractivity contribution in [3.05, 3.63) is 70.8 Å². The van der Waals surface area contributed by atoms with Gasteiger partial charge in [-0.3, -0.25) is 0 Å². The first-order chi connectivity index (χ1) is 12.5. The number of aliphatic hydroxyl groups excluding tert-OH is 3. The number of benzene rings is 2. The highest BCUT2D eigenvalue weighted by Gasteiger charge is 2.27. The van der Waals surface area contributed by atoms with Crippen LogP contribution >= 0.6 is 12.4 Å². The van der Waals surface area contributed by atoms with E-state index >= 15 is 0 Å². The molecule has 0 bridgehead atoms. The Bertz CT molecular complexity index is 654. The first kappa shape index (κ1) is 23.6. The Morgan fingerprint density at radius 2 is 1.37 bits per heavy atom. The minimum Gasteiger partial charge on any atom is -0.394 e. The standard InChI is InChI=1S/C22H31NO3.ClH/c1-2-3-4-17-5-7-18(8-6-17)13-19-9-11-20(12-10-19)21(26)14-22(23,15-24)16-25;/h5-12,21,24-26H,2-4,13-16,23H2,1H3;1H. The Kier molecular flexibility index (Phi) is 9.99. The highest BCUT2D eigenvalue weighted by Crippen LogP contribution is 2.23. The minimum atomic E-state index is -1.17. The Labute approximate surface area is 168 Å². The van der Waals surface area contributed by atoms with Crippen LogP contribution in [0.4, 0.5) is 0 Å². The number of aliphatic hydroxyl groups is 3. The van der Waals surface area contributed by atoms with Crippen molar-refractivity contribution in [2.45, 2.75) is 50.7 Å². The second-order valence-electron chi connectivity index (χ2n) is 7.24. The largest absolute Gasteiger partial charge is 0.394 e. The predicted molar refractivity (Wildman–Crippen MR) is 112 cm³/mol. The molecule has 0 saturated heterocycles. The average Bonchev–Trinajstić information content (AvgIpc) is 2.68. The Balaban J connectivity index is 0.00000364. The molecule has 0 heterocycles. The highest BCUT2D eigenvalue weighted by molar-refractivity contribution is 5.85. The lowest BCUT2D eigenvalue weighted by atomic mass is 9.91. The van der Waals surface area contributed by atoms with Gasteiger partial charge in [0.1, 0.15) is 0 Å². The lowest BCUT2D eigenvalue weighted by Gasteiger charge is -2.27. The van der Waals surface area contributed by atoms with Gasteiger partial charge in [0.25, 0.3) is 0 Å². The van der Waals surface area contributed by atoms with Crippen molar-refractivity contribution in [2.24, 2.45) is 5.73 Å². The molecule has 0 aliphatic heterocycles. The molecule has 2 aromatic carbocycles. The zero-order valence-corrected chi connectivity index (χ0v) is 16.8. The number of aryl methyl sites for hydroxylation is 1. The Morgan fingerprint density at radius 1 is 0.889 bits per heavy atom. The first-order valence-corrected chi connectivity index (χ1v) is 9.35. The molecule has 0 amide bonds. The van der Waals surface area contributed by atoms with Crippen molar-refractivity contribution < 1.29 is 15.3 Å². The van der Waals surface area contributed by atoms with E-state index in [4.69, 9.17) is 5.73 Å². The van der Waals surface area contributed by atoms with Crippen LogP contribution in [-0.2, 0) is 12.8 Å². The van der Waals surface area contributed by atoms with Crippen molar-refractivity contribution in [1.82, 2.24) is 0 Å². The van der Waals surface area contributed by atoms with Crippen LogP contribution in [-0.4, -0.2) is 34.1 Å². The molecule has 0 spiro atoms. The van der Waals surface area contributed by atoms with Gasteiger partial charge in [-0.25, -0.2) is 0 Å². The summed E-state index contributed by atoms with van der Waals surface area (Å²) in [5, 5.41) is 28.8. The maximum Gasteiger partial charge on any atom is 0.0809 e. The molecule has 0 radical (unpaired) electrons. The highest BCUT2D eigenvalue weighted by atomic mass is 35.5. The van der Waals surface area contributed by atoms with Crippen LogP contribution in [0.1, 0.15) is 54.5 Å². The zero-order valence-electron chi connectivity index (χ0n) is 16.0. The molecule has 0 aliphatic carbocycles. The lowest BCUT2D eigenvalue weighted by Crippen LogP contribution is -2.48. The number of unbranched alkanes of at least 4 members (excludes halogenated alkanes) is 1. The zero-order chi connectivity index (χ0) is 19.0. The van der Waals surface area contributed by atoms with Crippen LogP contribution in [0, 0.1) is 0 Å².